The van der Waals surface area contributed by atoms with Gasteiger partial charge in [0.25, 0.3) is 0 Å². The van der Waals surface area contributed by atoms with Crippen molar-refractivity contribution in [2.75, 3.05) is 6.54 Å². The first-order chi connectivity index (χ1) is 14.3. The van der Waals surface area contributed by atoms with Gasteiger partial charge in [0.15, 0.2) is 0 Å². The minimum Gasteiger partial charge on any atom is -1.00 e. The third kappa shape index (κ3) is 6.63. The molecule has 31 heavy (non-hydrogen) atoms. The maximum atomic E-state index is 13.3. The van der Waals surface area contributed by atoms with Crippen molar-refractivity contribution in [3.63, 3.8) is 0 Å². The molecule has 1 aliphatic rings. The molecule has 0 bridgehead atoms. The van der Waals surface area contributed by atoms with Gasteiger partial charge in [-0.05, 0) is 67.1 Å². The molecule has 0 saturated carbocycles. The number of carbonyl (C=O) groups is 1. The first-order valence-corrected chi connectivity index (χ1v) is 11.5. The van der Waals surface area contributed by atoms with Crippen molar-refractivity contribution >= 4 is 27.6 Å². The molecule has 1 aliphatic heterocycles. The summed E-state index contributed by atoms with van der Waals surface area (Å²) >= 11 is 6.01. The predicted octanol–water partition coefficient (Wildman–Crippen LogP) is 2.16. The molecular formula is C22H24ClFNNaO4S. The number of hydrogen-bond acceptors (Lipinski definition) is 3. The standard InChI is InChI=1S/C22H23ClFNO4S.Na.H/c23-18-8-6-17(7-9-18)22-16(4-2-1-3-5-21(26)27)14-15-25(22)30(28,29)20-12-10-19(24)11-13-20;;/h1-2,6-13,16,22H,3-5,14-15H2,(H,26,27);;/q;+1;-1/b2-1-;;. The summed E-state index contributed by atoms with van der Waals surface area (Å²) in [5.41, 5.74) is 0.839. The summed E-state index contributed by atoms with van der Waals surface area (Å²) in [4.78, 5) is 10.7. The van der Waals surface area contributed by atoms with Crippen LogP contribution in [0.25, 0.3) is 0 Å². The van der Waals surface area contributed by atoms with Gasteiger partial charge in [0.1, 0.15) is 5.82 Å². The van der Waals surface area contributed by atoms with Gasteiger partial charge in [0.2, 0.25) is 10.0 Å². The Hall–Kier alpha value is -1.22. The first-order valence-electron chi connectivity index (χ1n) is 9.68. The number of sulfonamides is 1. The molecule has 0 radical (unpaired) electrons. The van der Waals surface area contributed by atoms with E-state index in [9.17, 15) is 17.6 Å². The second-order valence-corrected chi connectivity index (χ2v) is 9.58. The molecule has 1 heterocycles. The number of rotatable bonds is 8. The number of nitrogens with zero attached hydrogens (tertiary/aromatic N) is 1. The fraction of sp³-hybridized carbons (Fsp3) is 0.318. The summed E-state index contributed by atoms with van der Waals surface area (Å²) < 4.78 is 41.3. The van der Waals surface area contributed by atoms with Crippen LogP contribution in [0.4, 0.5) is 4.39 Å². The predicted molar refractivity (Wildman–Crippen MR) is 114 cm³/mol. The van der Waals surface area contributed by atoms with Gasteiger partial charge in [-0.3, -0.25) is 4.79 Å². The van der Waals surface area contributed by atoms with Crippen LogP contribution in [-0.2, 0) is 14.8 Å². The van der Waals surface area contributed by atoms with Gasteiger partial charge in [0.05, 0.1) is 10.9 Å². The van der Waals surface area contributed by atoms with Crippen LogP contribution in [0.2, 0.25) is 5.02 Å². The summed E-state index contributed by atoms with van der Waals surface area (Å²) in [6.45, 7) is 0.348. The van der Waals surface area contributed by atoms with Crippen molar-refractivity contribution in [2.24, 2.45) is 5.92 Å². The number of carboxylic acid groups (broad SMARTS) is 1. The maximum absolute atomic E-state index is 13.3. The Morgan fingerprint density at radius 2 is 1.81 bits per heavy atom. The Bertz CT molecular complexity index is 1020. The van der Waals surface area contributed by atoms with E-state index in [2.05, 4.69) is 0 Å². The van der Waals surface area contributed by atoms with Crippen molar-refractivity contribution in [1.29, 1.82) is 0 Å². The second kappa shape index (κ2) is 11.6. The number of carboxylic acids is 1. The van der Waals surface area contributed by atoms with Crippen LogP contribution in [0, 0.1) is 11.7 Å². The molecule has 0 amide bonds. The molecule has 0 aromatic heterocycles. The van der Waals surface area contributed by atoms with Gasteiger partial charge in [0, 0.05) is 18.0 Å². The zero-order valence-electron chi connectivity index (χ0n) is 18.2. The Balaban J connectivity index is 0.00000256. The summed E-state index contributed by atoms with van der Waals surface area (Å²) in [5.74, 6) is -1.31. The molecule has 2 aromatic carbocycles. The van der Waals surface area contributed by atoms with Crippen molar-refractivity contribution in [1.82, 2.24) is 4.31 Å². The molecule has 1 fully saturated rings. The molecule has 3 rings (SSSR count). The molecule has 2 unspecified atom stereocenters. The van der Waals surface area contributed by atoms with E-state index in [1.54, 1.807) is 12.1 Å². The van der Waals surface area contributed by atoms with Gasteiger partial charge in [-0.15, -0.1) is 0 Å². The van der Waals surface area contributed by atoms with Gasteiger partial charge in [-0.25, -0.2) is 12.8 Å². The quantitative estimate of drug-likeness (QED) is 0.469. The Morgan fingerprint density at radius 3 is 2.42 bits per heavy atom. The van der Waals surface area contributed by atoms with E-state index in [1.165, 1.54) is 16.4 Å². The zero-order chi connectivity index (χ0) is 21.7. The van der Waals surface area contributed by atoms with Crippen LogP contribution >= 0.6 is 11.6 Å². The van der Waals surface area contributed by atoms with E-state index < -0.39 is 21.8 Å². The van der Waals surface area contributed by atoms with Crippen LogP contribution in [0.15, 0.2) is 65.6 Å². The van der Waals surface area contributed by atoms with Gasteiger partial charge in [-0.2, -0.15) is 4.31 Å². The van der Waals surface area contributed by atoms with E-state index in [1.807, 2.05) is 24.3 Å². The molecule has 9 heteroatoms. The summed E-state index contributed by atoms with van der Waals surface area (Å²) in [5, 5.41) is 9.31. The zero-order valence-corrected chi connectivity index (χ0v) is 20.8. The third-order valence-corrected chi connectivity index (χ3v) is 7.39. The van der Waals surface area contributed by atoms with Crippen molar-refractivity contribution in [3.8, 4) is 0 Å². The van der Waals surface area contributed by atoms with Gasteiger partial charge in [-0.1, -0.05) is 35.9 Å². The topological polar surface area (TPSA) is 74.7 Å². The second-order valence-electron chi connectivity index (χ2n) is 7.25. The fourth-order valence-electron chi connectivity index (χ4n) is 3.78. The van der Waals surface area contributed by atoms with Crippen LogP contribution < -0.4 is 29.6 Å². The van der Waals surface area contributed by atoms with E-state index in [-0.39, 0.29) is 54.3 Å². The maximum Gasteiger partial charge on any atom is 1.00 e. The van der Waals surface area contributed by atoms with E-state index in [4.69, 9.17) is 16.7 Å². The number of allylic oxidation sites excluding steroid dienone is 2. The van der Waals surface area contributed by atoms with Gasteiger partial charge >= 0.3 is 35.5 Å². The summed E-state index contributed by atoms with van der Waals surface area (Å²) in [6.07, 6.45) is 5.53. The van der Waals surface area contributed by atoms with Crippen molar-refractivity contribution in [3.05, 3.63) is 77.1 Å². The van der Waals surface area contributed by atoms with Crippen molar-refractivity contribution in [2.45, 2.75) is 36.6 Å². The van der Waals surface area contributed by atoms with Crippen LogP contribution in [0.5, 0.6) is 0 Å². The minimum atomic E-state index is -3.81. The minimum absolute atomic E-state index is 0. The Kier molecular flexibility index (Phi) is 9.73. The molecule has 1 saturated heterocycles. The molecule has 1 N–H and O–H groups in total. The van der Waals surface area contributed by atoms with E-state index in [0.29, 0.717) is 30.8 Å². The van der Waals surface area contributed by atoms with Crippen LogP contribution in [-0.4, -0.2) is 30.3 Å². The van der Waals surface area contributed by atoms with Crippen molar-refractivity contribution < 1.29 is 53.7 Å². The van der Waals surface area contributed by atoms with Gasteiger partial charge < -0.3 is 6.53 Å². The smallest absolute Gasteiger partial charge is 1.00 e. The average Bonchev–Trinajstić information content (AvgIpc) is 3.13. The number of hydrogen-bond donors (Lipinski definition) is 1. The molecule has 0 spiro atoms. The first kappa shape index (κ1) is 26.0. The molecular weight excluding hydrogens is 452 g/mol. The SMILES string of the molecule is O=C(O)CC/C=C\CC1CCN(S(=O)(=O)c2ccc(F)cc2)C1c1ccc(Cl)cc1.[H-].[Na+]. The fourth-order valence-corrected chi connectivity index (χ4v) is 5.59. The summed E-state index contributed by atoms with van der Waals surface area (Å²) in [6, 6.07) is 11.6. The normalized spacial score (nSPS) is 19.4. The molecule has 5 nitrogen and oxygen atoms in total. The third-order valence-electron chi connectivity index (χ3n) is 5.24. The molecule has 2 aromatic rings. The molecule has 2 atom stereocenters. The van der Waals surface area contributed by atoms with Crippen LogP contribution in [0.1, 0.15) is 38.7 Å². The van der Waals surface area contributed by atoms with E-state index >= 15 is 0 Å². The number of halogens is 2. The monoisotopic (exact) mass is 475 g/mol. The molecule has 162 valence electrons. The number of aliphatic carboxylic acids is 1. The average molecular weight is 476 g/mol. The largest absolute Gasteiger partial charge is 1.00 e. The summed E-state index contributed by atoms with van der Waals surface area (Å²) in [7, 11) is -3.81. The van der Waals surface area contributed by atoms with Crippen LogP contribution in [0.3, 0.4) is 0 Å². The van der Waals surface area contributed by atoms with E-state index in [0.717, 1.165) is 17.7 Å². The number of benzene rings is 2. The Labute approximate surface area is 210 Å². The molecule has 0 aliphatic carbocycles. The Morgan fingerprint density at radius 1 is 1.16 bits per heavy atom.